The maximum Gasteiger partial charge on any atom is 0.126 e. The van der Waals surface area contributed by atoms with Gasteiger partial charge in [-0.05, 0) is 29.3 Å². The molecule has 1 heterocycles. The molecule has 0 atom stereocenters. The third-order valence-electron chi connectivity index (χ3n) is 3.19. The average molecular weight is 295 g/mol. The summed E-state index contributed by atoms with van der Waals surface area (Å²) >= 11 is 6.26. The summed E-state index contributed by atoms with van der Waals surface area (Å²) in [5.41, 5.74) is 4.12. The Balaban J connectivity index is 2.32. The van der Waals surface area contributed by atoms with Crippen LogP contribution < -0.4 is 0 Å². The van der Waals surface area contributed by atoms with Crippen molar-refractivity contribution in [3.63, 3.8) is 0 Å². The van der Waals surface area contributed by atoms with Crippen molar-refractivity contribution in [3.05, 3.63) is 60.7 Å². The lowest BCUT2D eigenvalue weighted by Gasteiger charge is -2.09. The van der Waals surface area contributed by atoms with Crippen molar-refractivity contribution in [3.8, 4) is 10.6 Å². The highest BCUT2D eigenvalue weighted by Gasteiger charge is 2.14. The first-order valence-corrected chi connectivity index (χ1v) is 7.47. The van der Waals surface area contributed by atoms with Crippen molar-refractivity contribution < 1.29 is 0 Å². The Labute approximate surface area is 127 Å². The van der Waals surface area contributed by atoms with Gasteiger partial charge in [-0.1, -0.05) is 43.5 Å². The number of para-hydroxylation sites is 1. The quantitative estimate of drug-likeness (QED) is 0.626. The standard InChI is InChI=1S/C17H13NS2/c1-3-11-9-10-14(19)16(12(11)4-2)17-18-13-7-5-6-8-15(13)20-17/h3-10,19H,1-2H2. The van der Waals surface area contributed by atoms with E-state index in [0.29, 0.717) is 0 Å². The number of benzene rings is 2. The normalized spacial score (nSPS) is 10.7. The predicted octanol–water partition coefficient (Wildman–Crippen LogP) is 5.54. The van der Waals surface area contributed by atoms with Crippen molar-refractivity contribution in [2.75, 3.05) is 0 Å². The van der Waals surface area contributed by atoms with Crippen LogP contribution in [-0.2, 0) is 0 Å². The lowest BCUT2D eigenvalue weighted by molar-refractivity contribution is 1.38. The Morgan fingerprint density at radius 2 is 1.85 bits per heavy atom. The number of hydrogen-bond acceptors (Lipinski definition) is 3. The van der Waals surface area contributed by atoms with Crippen LogP contribution in [0.15, 0.2) is 54.5 Å². The Morgan fingerprint density at radius 3 is 2.55 bits per heavy atom. The molecule has 0 saturated heterocycles. The number of thiazole rings is 1. The van der Waals surface area contributed by atoms with Gasteiger partial charge < -0.3 is 0 Å². The first-order valence-electron chi connectivity index (χ1n) is 6.21. The predicted molar refractivity (Wildman–Crippen MR) is 92.5 cm³/mol. The van der Waals surface area contributed by atoms with Crippen molar-refractivity contribution >= 4 is 46.3 Å². The first-order chi connectivity index (χ1) is 9.74. The van der Waals surface area contributed by atoms with Crippen LogP contribution in [0.3, 0.4) is 0 Å². The van der Waals surface area contributed by atoms with Gasteiger partial charge in [0.2, 0.25) is 0 Å². The molecule has 0 unspecified atom stereocenters. The Kier molecular flexibility index (Phi) is 3.47. The van der Waals surface area contributed by atoms with Gasteiger partial charge >= 0.3 is 0 Å². The maximum absolute atomic E-state index is 4.72. The SMILES string of the molecule is C=Cc1ccc(S)c(-c2nc3ccccc3s2)c1C=C. The Morgan fingerprint density at radius 1 is 1.05 bits per heavy atom. The molecule has 3 rings (SSSR count). The van der Waals surface area contributed by atoms with E-state index < -0.39 is 0 Å². The summed E-state index contributed by atoms with van der Waals surface area (Å²) < 4.78 is 1.18. The summed E-state index contributed by atoms with van der Waals surface area (Å²) in [6, 6.07) is 12.1. The molecule has 0 aliphatic carbocycles. The molecule has 0 N–H and O–H groups in total. The zero-order chi connectivity index (χ0) is 14.1. The zero-order valence-corrected chi connectivity index (χ0v) is 12.5. The number of aromatic nitrogens is 1. The van der Waals surface area contributed by atoms with Crippen molar-refractivity contribution in [1.29, 1.82) is 0 Å². The third-order valence-corrected chi connectivity index (χ3v) is 4.62. The number of hydrogen-bond donors (Lipinski definition) is 1. The van der Waals surface area contributed by atoms with Crippen molar-refractivity contribution in [2.24, 2.45) is 0 Å². The van der Waals surface area contributed by atoms with Gasteiger partial charge in [0.1, 0.15) is 5.01 Å². The van der Waals surface area contributed by atoms with E-state index >= 15 is 0 Å². The van der Waals surface area contributed by atoms with Gasteiger partial charge in [0.05, 0.1) is 10.2 Å². The monoisotopic (exact) mass is 295 g/mol. The second-order valence-corrected chi connectivity index (χ2v) is 5.87. The molecule has 0 aliphatic rings. The van der Waals surface area contributed by atoms with Crippen molar-refractivity contribution in [1.82, 2.24) is 4.98 Å². The van der Waals surface area contributed by atoms with Gasteiger partial charge in [0.25, 0.3) is 0 Å². The highest BCUT2D eigenvalue weighted by atomic mass is 32.1. The molecule has 0 spiro atoms. The maximum atomic E-state index is 4.72. The van der Waals surface area contributed by atoms with Crippen LogP contribution in [0, 0.1) is 0 Å². The van der Waals surface area contributed by atoms with Crippen LogP contribution in [0.25, 0.3) is 32.9 Å². The van der Waals surface area contributed by atoms with E-state index in [2.05, 4.69) is 31.9 Å². The number of rotatable bonds is 3. The molecule has 0 aliphatic heterocycles. The van der Waals surface area contributed by atoms with Crippen molar-refractivity contribution in [2.45, 2.75) is 4.90 Å². The fourth-order valence-electron chi connectivity index (χ4n) is 2.23. The molecule has 0 radical (unpaired) electrons. The van der Waals surface area contributed by atoms with E-state index in [1.165, 1.54) is 4.70 Å². The van der Waals surface area contributed by atoms with Gasteiger partial charge in [-0.3, -0.25) is 0 Å². The van der Waals surface area contributed by atoms with Gasteiger partial charge in [0, 0.05) is 10.5 Å². The molecule has 0 bridgehead atoms. The second-order valence-electron chi connectivity index (χ2n) is 4.36. The highest BCUT2D eigenvalue weighted by molar-refractivity contribution is 7.80. The highest BCUT2D eigenvalue weighted by Crippen LogP contribution is 2.38. The van der Waals surface area contributed by atoms with Crippen LogP contribution in [-0.4, -0.2) is 4.98 Å². The zero-order valence-electron chi connectivity index (χ0n) is 10.8. The van der Waals surface area contributed by atoms with E-state index in [-0.39, 0.29) is 0 Å². The third kappa shape index (κ3) is 2.09. The number of fused-ring (bicyclic) bond motifs is 1. The van der Waals surface area contributed by atoms with E-state index in [4.69, 9.17) is 4.98 Å². The van der Waals surface area contributed by atoms with Crippen LogP contribution in [0.4, 0.5) is 0 Å². The fourth-order valence-corrected chi connectivity index (χ4v) is 3.64. The molecular formula is C17H13NS2. The van der Waals surface area contributed by atoms with E-state index in [1.54, 1.807) is 11.3 Å². The number of nitrogens with zero attached hydrogens (tertiary/aromatic N) is 1. The minimum atomic E-state index is 0.907. The fraction of sp³-hybridized carbons (Fsp3) is 0. The molecule has 1 aromatic heterocycles. The molecule has 0 fully saturated rings. The first kappa shape index (κ1) is 13.2. The summed E-state index contributed by atoms with van der Waals surface area (Å²) in [5.74, 6) is 0. The smallest absolute Gasteiger partial charge is 0.126 e. The molecule has 1 nitrogen and oxygen atoms in total. The molecular weight excluding hydrogens is 282 g/mol. The summed E-state index contributed by atoms with van der Waals surface area (Å²) in [7, 11) is 0. The number of thiol groups is 1. The Bertz CT molecular complexity index is 782. The molecule has 2 aromatic carbocycles. The van der Waals surface area contributed by atoms with Crippen LogP contribution >= 0.6 is 24.0 Å². The topological polar surface area (TPSA) is 12.9 Å². The minimum Gasteiger partial charge on any atom is -0.236 e. The summed E-state index contributed by atoms with van der Waals surface area (Å²) in [4.78, 5) is 5.62. The van der Waals surface area contributed by atoms with E-state index in [9.17, 15) is 0 Å². The second kappa shape index (κ2) is 5.27. The molecule has 98 valence electrons. The molecule has 0 saturated carbocycles. The van der Waals surface area contributed by atoms with Gasteiger partial charge in [0.15, 0.2) is 0 Å². The summed E-state index contributed by atoms with van der Waals surface area (Å²) in [6.45, 7) is 7.77. The van der Waals surface area contributed by atoms with Gasteiger partial charge in [-0.25, -0.2) is 4.98 Å². The molecule has 3 aromatic rings. The van der Waals surface area contributed by atoms with E-state index in [0.717, 1.165) is 32.1 Å². The molecule has 20 heavy (non-hydrogen) atoms. The minimum absolute atomic E-state index is 0.907. The van der Waals surface area contributed by atoms with Crippen LogP contribution in [0.1, 0.15) is 11.1 Å². The van der Waals surface area contributed by atoms with Gasteiger partial charge in [-0.15, -0.1) is 24.0 Å². The van der Waals surface area contributed by atoms with Crippen LogP contribution in [0.2, 0.25) is 0 Å². The Hall–Kier alpha value is -1.84. The van der Waals surface area contributed by atoms with E-state index in [1.807, 2.05) is 42.5 Å². The largest absolute Gasteiger partial charge is 0.236 e. The average Bonchev–Trinajstić information content (AvgIpc) is 2.90. The van der Waals surface area contributed by atoms with Crippen LogP contribution in [0.5, 0.6) is 0 Å². The molecule has 3 heteroatoms. The lowest BCUT2D eigenvalue weighted by atomic mass is 10.0. The summed E-state index contributed by atoms with van der Waals surface area (Å²) in [5, 5.41) is 0.967. The lowest BCUT2D eigenvalue weighted by Crippen LogP contribution is -1.89. The summed E-state index contributed by atoms with van der Waals surface area (Å²) in [6.07, 6.45) is 3.68. The van der Waals surface area contributed by atoms with Gasteiger partial charge in [-0.2, -0.15) is 0 Å². The molecule has 0 amide bonds.